The van der Waals surface area contributed by atoms with Gasteiger partial charge in [-0.15, -0.1) is 12.4 Å². The highest BCUT2D eigenvalue weighted by Gasteiger charge is 2.38. The Bertz CT molecular complexity index is 476. The fourth-order valence-corrected chi connectivity index (χ4v) is 2.52. The highest BCUT2D eigenvalue weighted by atomic mass is 35.5. The van der Waals surface area contributed by atoms with Gasteiger partial charge in [-0.2, -0.15) is 0 Å². The molecule has 1 heterocycles. The zero-order valence-corrected chi connectivity index (χ0v) is 13.8. The molecule has 1 aromatic carbocycles. The van der Waals surface area contributed by atoms with E-state index in [1.807, 2.05) is 31.2 Å². The second-order valence-electron chi connectivity index (χ2n) is 5.47. The molecule has 1 saturated heterocycles. The molecule has 0 bridgehead atoms. The Morgan fingerprint density at radius 1 is 1.36 bits per heavy atom. The molecule has 0 atom stereocenters. The van der Waals surface area contributed by atoms with Gasteiger partial charge in [0, 0.05) is 19.8 Å². The van der Waals surface area contributed by atoms with Crippen molar-refractivity contribution >= 4 is 18.3 Å². The number of para-hydroxylation sites is 1. The maximum absolute atomic E-state index is 12.3. The molecule has 1 aliphatic heterocycles. The van der Waals surface area contributed by atoms with Crippen LogP contribution in [0.15, 0.2) is 24.3 Å². The lowest BCUT2D eigenvalue weighted by Gasteiger charge is -2.34. The van der Waals surface area contributed by atoms with E-state index in [9.17, 15) is 4.79 Å². The number of nitrogens with one attached hydrogen (secondary N) is 1. The number of hydrogen-bond acceptors (Lipinski definition) is 4. The maximum atomic E-state index is 12.3. The van der Waals surface area contributed by atoms with E-state index in [2.05, 4.69) is 5.32 Å². The average Bonchev–Trinajstić information content (AvgIpc) is 2.53. The number of benzene rings is 1. The SMILES string of the molecule is Cc1ccccc1OCCNC(=O)C1(CN)CCOCC1.Cl. The second kappa shape index (κ2) is 8.98. The van der Waals surface area contributed by atoms with Crippen LogP contribution in [0.1, 0.15) is 18.4 Å². The zero-order chi connectivity index (χ0) is 15.1. The van der Waals surface area contributed by atoms with Crippen molar-refractivity contribution in [2.24, 2.45) is 11.1 Å². The van der Waals surface area contributed by atoms with Gasteiger partial charge in [0.15, 0.2) is 0 Å². The number of ether oxygens (including phenoxy) is 2. The highest BCUT2D eigenvalue weighted by molar-refractivity contribution is 5.85. The van der Waals surface area contributed by atoms with E-state index in [0.29, 0.717) is 45.8 Å². The summed E-state index contributed by atoms with van der Waals surface area (Å²) in [5.41, 5.74) is 6.42. The van der Waals surface area contributed by atoms with E-state index < -0.39 is 5.41 Å². The Labute approximate surface area is 138 Å². The van der Waals surface area contributed by atoms with Gasteiger partial charge in [-0.25, -0.2) is 0 Å². The topological polar surface area (TPSA) is 73.6 Å². The van der Waals surface area contributed by atoms with Crippen LogP contribution in [0, 0.1) is 12.3 Å². The predicted octanol–water partition coefficient (Wildman–Crippen LogP) is 1.67. The number of carbonyl (C=O) groups excluding carboxylic acids is 1. The van der Waals surface area contributed by atoms with Gasteiger partial charge in [-0.1, -0.05) is 18.2 Å². The molecule has 1 fully saturated rings. The quantitative estimate of drug-likeness (QED) is 0.779. The normalized spacial score (nSPS) is 16.5. The zero-order valence-electron chi connectivity index (χ0n) is 13.0. The smallest absolute Gasteiger partial charge is 0.227 e. The lowest BCUT2D eigenvalue weighted by molar-refractivity contribution is -0.136. The van der Waals surface area contributed by atoms with Crippen molar-refractivity contribution in [1.82, 2.24) is 5.32 Å². The number of amides is 1. The number of nitrogens with two attached hydrogens (primary N) is 1. The molecular weight excluding hydrogens is 304 g/mol. The molecule has 0 aromatic heterocycles. The molecule has 0 saturated carbocycles. The third kappa shape index (κ3) is 4.60. The molecule has 0 radical (unpaired) electrons. The molecule has 124 valence electrons. The maximum Gasteiger partial charge on any atom is 0.227 e. The van der Waals surface area contributed by atoms with Crippen molar-refractivity contribution < 1.29 is 14.3 Å². The highest BCUT2D eigenvalue weighted by Crippen LogP contribution is 2.29. The number of hydrogen-bond donors (Lipinski definition) is 2. The van der Waals surface area contributed by atoms with Crippen LogP contribution in [0.2, 0.25) is 0 Å². The van der Waals surface area contributed by atoms with Crippen molar-refractivity contribution in [2.45, 2.75) is 19.8 Å². The number of halogens is 1. The Morgan fingerprint density at radius 2 is 2.05 bits per heavy atom. The first-order chi connectivity index (χ1) is 10.2. The van der Waals surface area contributed by atoms with E-state index in [4.69, 9.17) is 15.2 Å². The summed E-state index contributed by atoms with van der Waals surface area (Å²) in [6, 6.07) is 7.84. The molecule has 22 heavy (non-hydrogen) atoms. The Kier molecular flexibility index (Phi) is 7.65. The van der Waals surface area contributed by atoms with Gasteiger partial charge in [0.05, 0.1) is 12.0 Å². The standard InChI is InChI=1S/C16H24N2O3.ClH/c1-13-4-2-3-5-14(13)21-11-8-18-15(19)16(12-17)6-9-20-10-7-16;/h2-5H,6-12,17H2,1H3,(H,18,19);1H. The van der Waals surface area contributed by atoms with E-state index >= 15 is 0 Å². The van der Waals surface area contributed by atoms with Gasteiger partial charge in [0.1, 0.15) is 12.4 Å². The Morgan fingerprint density at radius 3 is 2.68 bits per heavy atom. The average molecular weight is 329 g/mol. The Balaban J connectivity index is 0.00000242. The molecule has 1 aromatic rings. The summed E-state index contributed by atoms with van der Waals surface area (Å²) in [7, 11) is 0. The summed E-state index contributed by atoms with van der Waals surface area (Å²) < 4.78 is 11.0. The van der Waals surface area contributed by atoms with Crippen LogP contribution in [0.5, 0.6) is 5.75 Å². The van der Waals surface area contributed by atoms with Crippen LogP contribution in [-0.4, -0.2) is 38.8 Å². The molecule has 5 nitrogen and oxygen atoms in total. The summed E-state index contributed by atoms with van der Waals surface area (Å²) >= 11 is 0. The third-order valence-corrected chi connectivity index (χ3v) is 4.06. The van der Waals surface area contributed by atoms with Gasteiger partial charge in [-0.3, -0.25) is 4.79 Å². The van der Waals surface area contributed by atoms with Gasteiger partial charge in [0.2, 0.25) is 5.91 Å². The molecular formula is C16H25ClN2O3. The Hall–Kier alpha value is -1.30. The summed E-state index contributed by atoms with van der Waals surface area (Å²) in [4.78, 5) is 12.3. The van der Waals surface area contributed by atoms with Crippen LogP contribution >= 0.6 is 12.4 Å². The minimum atomic E-state index is -0.471. The van der Waals surface area contributed by atoms with Gasteiger partial charge < -0.3 is 20.5 Å². The molecule has 0 spiro atoms. The van der Waals surface area contributed by atoms with Crippen molar-refractivity contribution in [3.63, 3.8) is 0 Å². The number of carbonyl (C=O) groups is 1. The van der Waals surface area contributed by atoms with Crippen molar-refractivity contribution in [1.29, 1.82) is 0 Å². The fraction of sp³-hybridized carbons (Fsp3) is 0.562. The summed E-state index contributed by atoms with van der Waals surface area (Å²) in [6.07, 6.45) is 1.38. The van der Waals surface area contributed by atoms with E-state index in [1.165, 1.54) is 0 Å². The van der Waals surface area contributed by atoms with Crippen molar-refractivity contribution in [3.8, 4) is 5.75 Å². The summed E-state index contributed by atoms with van der Waals surface area (Å²) in [5, 5.41) is 2.93. The molecule has 6 heteroatoms. The van der Waals surface area contributed by atoms with Crippen molar-refractivity contribution in [2.75, 3.05) is 32.9 Å². The van der Waals surface area contributed by atoms with Crippen LogP contribution in [0.3, 0.4) is 0 Å². The van der Waals surface area contributed by atoms with E-state index in [1.54, 1.807) is 0 Å². The van der Waals surface area contributed by atoms with Crippen LogP contribution in [0.25, 0.3) is 0 Å². The lowest BCUT2D eigenvalue weighted by atomic mass is 9.79. The molecule has 0 aliphatic carbocycles. The molecule has 1 amide bonds. The number of rotatable bonds is 6. The van der Waals surface area contributed by atoms with E-state index in [0.717, 1.165) is 11.3 Å². The molecule has 1 aliphatic rings. The predicted molar refractivity (Wildman–Crippen MR) is 88.5 cm³/mol. The minimum absolute atomic E-state index is 0. The fourth-order valence-electron chi connectivity index (χ4n) is 2.52. The minimum Gasteiger partial charge on any atom is -0.491 e. The second-order valence-corrected chi connectivity index (χ2v) is 5.47. The summed E-state index contributed by atoms with van der Waals surface area (Å²) in [5.74, 6) is 0.869. The van der Waals surface area contributed by atoms with Crippen LogP contribution < -0.4 is 15.8 Å². The first-order valence-corrected chi connectivity index (χ1v) is 7.42. The van der Waals surface area contributed by atoms with Crippen molar-refractivity contribution in [3.05, 3.63) is 29.8 Å². The number of aryl methyl sites for hydroxylation is 1. The van der Waals surface area contributed by atoms with E-state index in [-0.39, 0.29) is 18.3 Å². The first-order valence-electron chi connectivity index (χ1n) is 7.42. The lowest BCUT2D eigenvalue weighted by Crippen LogP contribution is -2.49. The van der Waals surface area contributed by atoms with Crippen LogP contribution in [0.4, 0.5) is 0 Å². The molecule has 0 unspecified atom stereocenters. The molecule has 3 N–H and O–H groups in total. The summed E-state index contributed by atoms with van der Waals surface area (Å²) in [6.45, 7) is 4.50. The first kappa shape index (κ1) is 18.7. The van der Waals surface area contributed by atoms with Gasteiger partial charge in [0.25, 0.3) is 0 Å². The molecule has 2 rings (SSSR count). The largest absolute Gasteiger partial charge is 0.491 e. The van der Waals surface area contributed by atoms with Gasteiger partial charge >= 0.3 is 0 Å². The third-order valence-electron chi connectivity index (χ3n) is 4.06. The van der Waals surface area contributed by atoms with Gasteiger partial charge in [-0.05, 0) is 31.4 Å². The van der Waals surface area contributed by atoms with Crippen LogP contribution in [-0.2, 0) is 9.53 Å². The monoisotopic (exact) mass is 328 g/mol.